The maximum Gasteiger partial charge on any atom is 0.220 e. The molecule has 146 valence electrons. The van der Waals surface area contributed by atoms with Crippen LogP contribution in [0.15, 0.2) is 41.8 Å². The quantitative estimate of drug-likeness (QED) is 0.764. The molecule has 0 radical (unpaired) electrons. The first kappa shape index (κ1) is 19.7. The third-order valence-electron chi connectivity index (χ3n) is 5.34. The fourth-order valence-corrected chi connectivity index (χ4v) is 4.85. The number of carbonyl (C=O) groups is 1. The van der Waals surface area contributed by atoms with E-state index in [9.17, 15) is 4.79 Å². The second kappa shape index (κ2) is 9.24. The van der Waals surface area contributed by atoms with Crippen LogP contribution in [0.5, 0.6) is 5.75 Å². The minimum atomic E-state index is 0.124. The number of amides is 1. The van der Waals surface area contributed by atoms with E-state index in [1.54, 1.807) is 23.3 Å². The second-order valence-electron chi connectivity index (χ2n) is 7.05. The number of quaternary nitrogens is 1. The highest BCUT2D eigenvalue weighted by Gasteiger charge is 2.34. The van der Waals surface area contributed by atoms with Crippen LogP contribution in [0.25, 0.3) is 0 Å². The molecular weight excluding hydrogens is 358 g/mol. The van der Waals surface area contributed by atoms with Crippen LogP contribution in [-0.2, 0) is 4.79 Å². The van der Waals surface area contributed by atoms with E-state index >= 15 is 0 Å². The Balaban J connectivity index is 1.67. The number of thiophene rings is 1. The van der Waals surface area contributed by atoms with Crippen molar-refractivity contribution in [3.05, 3.63) is 46.7 Å². The lowest BCUT2D eigenvalue weighted by Gasteiger charge is -2.39. The zero-order chi connectivity index (χ0) is 19.2. The number of benzene rings is 1. The van der Waals surface area contributed by atoms with Crippen LogP contribution < -0.4 is 19.9 Å². The number of methoxy groups -OCH3 is 1. The summed E-state index contributed by atoms with van der Waals surface area (Å²) in [5, 5.41) is 5.32. The van der Waals surface area contributed by atoms with Crippen molar-refractivity contribution in [3.8, 4) is 5.75 Å². The fourth-order valence-electron chi connectivity index (χ4n) is 3.86. The second-order valence-corrected chi connectivity index (χ2v) is 8.03. The van der Waals surface area contributed by atoms with E-state index in [0.717, 1.165) is 31.9 Å². The summed E-state index contributed by atoms with van der Waals surface area (Å²) in [6, 6.07) is 13.0. The van der Waals surface area contributed by atoms with E-state index < -0.39 is 0 Å². The van der Waals surface area contributed by atoms with Gasteiger partial charge < -0.3 is 19.9 Å². The molecule has 27 heavy (non-hydrogen) atoms. The van der Waals surface area contributed by atoms with Gasteiger partial charge in [0.15, 0.2) is 0 Å². The topological polar surface area (TPSA) is 46.0 Å². The van der Waals surface area contributed by atoms with Gasteiger partial charge >= 0.3 is 0 Å². The van der Waals surface area contributed by atoms with E-state index in [1.807, 2.05) is 19.1 Å². The molecule has 1 aromatic carbocycles. The predicted octanol–water partition coefficient (Wildman–Crippen LogP) is 2.12. The molecule has 1 aliphatic rings. The Morgan fingerprint density at radius 2 is 1.96 bits per heavy atom. The third-order valence-corrected chi connectivity index (χ3v) is 6.30. The number of hydrogen-bond donors (Lipinski definition) is 2. The van der Waals surface area contributed by atoms with Gasteiger partial charge in [-0.15, -0.1) is 11.3 Å². The van der Waals surface area contributed by atoms with Gasteiger partial charge in [-0.05, 0) is 42.6 Å². The third kappa shape index (κ3) is 4.82. The van der Waals surface area contributed by atoms with Crippen molar-refractivity contribution < 1.29 is 14.4 Å². The van der Waals surface area contributed by atoms with Crippen LogP contribution in [-0.4, -0.2) is 45.2 Å². The zero-order valence-electron chi connectivity index (χ0n) is 16.4. The smallest absolute Gasteiger partial charge is 0.220 e. The van der Waals surface area contributed by atoms with Crippen LogP contribution in [0.1, 0.15) is 31.2 Å². The van der Waals surface area contributed by atoms with E-state index in [-0.39, 0.29) is 11.9 Å². The molecule has 0 bridgehead atoms. The summed E-state index contributed by atoms with van der Waals surface area (Å²) in [5.74, 6) is 1.02. The molecule has 5 nitrogen and oxygen atoms in total. The molecule has 1 fully saturated rings. The van der Waals surface area contributed by atoms with Crippen LogP contribution in [0.2, 0.25) is 0 Å². The number of ether oxygens (including phenoxy) is 1. The number of hydrogen-bond acceptors (Lipinski definition) is 4. The molecular formula is C21H30N3O2S+. The van der Waals surface area contributed by atoms with Crippen molar-refractivity contribution in [2.75, 3.05) is 38.2 Å². The SMILES string of the molecule is CCC(=O)N[C@@H](C)[C@@H](c1cccs1)[NH+]1CCN(c2ccc(OC)cc2)CC1. The molecule has 1 amide bonds. The monoisotopic (exact) mass is 388 g/mol. The minimum Gasteiger partial charge on any atom is -0.497 e. The Morgan fingerprint density at radius 1 is 1.26 bits per heavy atom. The summed E-state index contributed by atoms with van der Waals surface area (Å²) < 4.78 is 5.26. The van der Waals surface area contributed by atoms with Crippen molar-refractivity contribution in [1.29, 1.82) is 0 Å². The molecule has 2 heterocycles. The highest BCUT2D eigenvalue weighted by molar-refractivity contribution is 7.10. The normalized spacial score (nSPS) is 17.4. The molecule has 2 N–H and O–H groups in total. The first-order chi connectivity index (χ1) is 13.1. The van der Waals surface area contributed by atoms with Crippen molar-refractivity contribution in [3.63, 3.8) is 0 Å². The van der Waals surface area contributed by atoms with Gasteiger partial charge in [-0.1, -0.05) is 13.0 Å². The summed E-state index contributed by atoms with van der Waals surface area (Å²) in [7, 11) is 1.69. The molecule has 0 unspecified atom stereocenters. The van der Waals surface area contributed by atoms with Gasteiger partial charge in [0.25, 0.3) is 0 Å². The summed E-state index contributed by atoms with van der Waals surface area (Å²) in [6.45, 7) is 8.18. The largest absolute Gasteiger partial charge is 0.497 e. The van der Waals surface area contributed by atoms with Crippen LogP contribution in [0, 0.1) is 0 Å². The van der Waals surface area contributed by atoms with E-state index in [1.165, 1.54) is 10.6 Å². The molecule has 3 rings (SSSR count). The van der Waals surface area contributed by atoms with E-state index in [4.69, 9.17) is 4.74 Å². The number of carbonyl (C=O) groups excluding carboxylic acids is 1. The minimum absolute atomic E-state index is 0.124. The first-order valence-electron chi connectivity index (χ1n) is 9.68. The number of nitrogens with one attached hydrogen (secondary N) is 2. The molecule has 0 spiro atoms. The molecule has 1 aromatic heterocycles. The zero-order valence-corrected chi connectivity index (χ0v) is 17.2. The number of anilines is 1. The van der Waals surface area contributed by atoms with Gasteiger partial charge in [-0.25, -0.2) is 0 Å². The maximum atomic E-state index is 11.9. The molecule has 1 aliphatic heterocycles. The van der Waals surface area contributed by atoms with Crippen molar-refractivity contribution in [2.45, 2.75) is 32.4 Å². The lowest BCUT2D eigenvalue weighted by molar-refractivity contribution is -0.933. The standard InChI is InChI=1S/C21H29N3O2S/c1-4-20(25)22-16(2)21(19-6-5-15-27-19)24-13-11-23(12-14-24)17-7-9-18(26-3)10-8-17/h5-10,15-16,21H,4,11-14H2,1-3H3,(H,22,25)/p+1/t16-,21-/m0/s1. The fraction of sp³-hybridized carbons (Fsp3) is 0.476. The summed E-state index contributed by atoms with van der Waals surface area (Å²) in [4.78, 5) is 17.3. The van der Waals surface area contributed by atoms with Gasteiger partial charge in [0.1, 0.15) is 11.8 Å². The average Bonchev–Trinajstić information content (AvgIpc) is 3.23. The van der Waals surface area contributed by atoms with Crippen molar-refractivity contribution in [1.82, 2.24) is 5.32 Å². The predicted molar refractivity (Wildman–Crippen MR) is 111 cm³/mol. The lowest BCUT2D eigenvalue weighted by Crippen LogP contribution is -3.16. The summed E-state index contributed by atoms with van der Waals surface area (Å²) in [6.07, 6.45) is 0.530. The van der Waals surface area contributed by atoms with Crippen LogP contribution in [0.3, 0.4) is 0 Å². The molecule has 1 saturated heterocycles. The molecule has 0 aliphatic carbocycles. The van der Waals surface area contributed by atoms with Crippen LogP contribution in [0.4, 0.5) is 5.69 Å². The highest BCUT2D eigenvalue weighted by Crippen LogP contribution is 2.22. The average molecular weight is 389 g/mol. The van der Waals surface area contributed by atoms with E-state index in [2.05, 4.69) is 46.8 Å². The van der Waals surface area contributed by atoms with Gasteiger partial charge in [-0.2, -0.15) is 0 Å². The maximum absolute atomic E-state index is 11.9. The number of rotatable bonds is 7. The molecule has 6 heteroatoms. The van der Waals surface area contributed by atoms with Gasteiger partial charge in [0.2, 0.25) is 5.91 Å². The highest BCUT2D eigenvalue weighted by atomic mass is 32.1. The molecule has 2 aromatic rings. The Kier molecular flexibility index (Phi) is 6.74. The number of nitrogens with zero attached hydrogens (tertiary/aromatic N) is 1. The first-order valence-corrected chi connectivity index (χ1v) is 10.6. The van der Waals surface area contributed by atoms with Gasteiger partial charge in [0.05, 0.1) is 44.2 Å². The summed E-state index contributed by atoms with van der Waals surface area (Å²) >= 11 is 1.79. The van der Waals surface area contributed by atoms with Crippen LogP contribution >= 0.6 is 11.3 Å². The van der Waals surface area contributed by atoms with Gasteiger partial charge in [-0.3, -0.25) is 4.79 Å². The Labute approximate surface area is 165 Å². The summed E-state index contributed by atoms with van der Waals surface area (Å²) in [5.41, 5.74) is 1.25. The molecule has 2 atom stereocenters. The Bertz CT molecular complexity index is 710. The Morgan fingerprint density at radius 3 is 2.52 bits per heavy atom. The van der Waals surface area contributed by atoms with Crippen molar-refractivity contribution >= 4 is 22.9 Å². The number of piperazine rings is 1. The lowest BCUT2D eigenvalue weighted by atomic mass is 10.0. The Hall–Kier alpha value is -2.05. The van der Waals surface area contributed by atoms with E-state index in [0.29, 0.717) is 12.5 Å². The van der Waals surface area contributed by atoms with Crippen molar-refractivity contribution in [2.24, 2.45) is 0 Å². The van der Waals surface area contributed by atoms with Gasteiger partial charge in [0, 0.05) is 12.1 Å². The molecule has 0 saturated carbocycles.